The second-order valence-electron chi connectivity index (χ2n) is 5.76. The molecule has 0 unspecified atom stereocenters. The van der Waals surface area contributed by atoms with Crippen LogP contribution in [0.1, 0.15) is 32.8 Å². The van der Waals surface area contributed by atoms with Crippen molar-refractivity contribution in [3.8, 4) is 5.75 Å². The van der Waals surface area contributed by atoms with E-state index in [-0.39, 0.29) is 22.8 Å². The molecule has 0 aliphatic heterocycles. The highest BCUT2D eigenvalue weighted by Crippen LogP contribution is 2.29. The van der Waals surface area contributed by atoms with Crippen LogP contribution in [0.15, 0.2) is 33.9 Å². The number of nitrogens with one attached hydrogen (secondary N) is 1. The Labute approximate surface area is 153 Å². The molecule has 0 fully saturated rings. The van der Waals surface area contributed by atoms with Gasteiger partial charge < -0.3 is 14.9 Å². The molecule has 140 valence electrons. The minimum atomic E-state index is -0.922. The van der Waals surface area contributed by atoms with Crippen molar-refractivity contribution in [2.75, 3.05) is 0 Å². The van der Waals surface area contributed by atoms with Crippen molar-refractivity contribution in [2.45, 2.75) is 37.3 Å². The number of thioether (sulfide) groups is 1. The first-order chi connectivity index (χ1) is 12.3. The maximum atomic E-state index is 12.9. The lowest BCUT2D eigenvalue weighted by molar-refractivity contribution is -0.120. The van der Waals surface area contributed by atoms with Crippen molar-refractivity contribution in [3.05, 3.63) is 36.0 Å². The quantitative estimate of drug-likeness (QED) is 0.706. The number of hydrogen-bond donors (Lipinski definition) is 2. The topological polar surface area (TPSA) is 120 Å². The Kier molecular flexibility index (Phi) is 6.56. The molecule has 3 amide bonds. The van der Waals surface area contributed by atoms with Crippen LogP contribution >= 0.6 is 11.8 Å². The maximum absolute atomic E-state index is 12.9. The number of urea groups is 1. The molecule has 26 heavy (non-hydrogen) atoms. The van der Waals surface area contributed by atoms with Crippen LogP contribution in [0.25, 0.3) is 0 Å². The summed E-state index contributed by atoms with van der Waals surface area (Å²) in [6.07, 6.45) is -0.570. The van der Waals surface area contributed by atoms with E-state index < -0.39 is 23.3 Å². The summed E-state index contributed by atoms with van der Waals surface area (Å²) in [5.41, 5.74) is 4.98. The lowest BCUT2D eigenvalue weighted by Gasteiger charge is -2.16. The van der Waals surface area contributed by atoms with E-state index in [0.29, 0.717) is 5.75 Å². The largest absolute Gasteiger partial charge is 0.481 e. The second kappa shape index (κ2) is 8.65. The van der Waals surface area contributed by atoms with Gasteiger partial charge in [-0.3, -0.25) is 10.1 Å². The summed E-state index contributed by atoms with van der Waals surface area (Å²) >= 11 is 1.03. The molecule has 2 rings (SSSR count). The van der Waals surface area contributed by atoms with Gasteiger partial charge in [-0.1, -0.05) is 25.6 Å². The van der Waals surface area contributed by atoms with Crippen molar-refractivity contribution in [1.82, 2.24) is 15.5 Å². The fourth-order valence-corrected chi connectivity index (χ4v) is 2.87. The van der Waals surface area contributed by atoms with Crippen LogP contribution in [0.3, 0.4) is 0 Å². The molecule has 0 saturated carbocycles. The van der Waals surface area contributed by atoms with E-state index in [2.05, 4.69) is 10.2 Å². The number of imide groups is 1. The molecule has 0 spiro atoms. The van der Waals surface area contributed by atoms with E-state index in [1.54, 1.807) is 6.92 Å². The number of aromatic nitrogens is 2. The predicted molar refractivity (Wildman–Crippen MR) is 92.0 cm³/mol. The molecule has 3 N–H and O–H groups in total. The summed E-state index contributed by atoms with van der Waals surface area (Å²) in [6, 6.07) is 4.61. The first-order valence-corrected chi connectivity index (χ1v) is 8.66. The lowest BCUT2D eigenvalue weighted by atomic mass is 10.1. The normalized spacial score (nSPS) is 13.3. The number of nitrogens with zero attached hydrogens (tertiary/aromatic N) is 2. The molecule has 2 aromatic rings. The van der Waals surface area contributed by atoms with Crippen LogP contribution in [-0.2, 0) is 4.79 Å². The van der Waals surface area contributed by atoms with E-state index in [1.807, 2.05) is 19.2 Å². The number of nitrogens with two attached hydrogens (primary N) is 1. The number of primary amides is 1. The van der Waals surface area contributed by atoms with Gasteiger partial charge in [0.1, 0.15) is 11.6 Å². The van der Waals surface area contributed by atoms with Gasteiger partial charge in [-0.05, 0) is 37.1 Å². The number of carbonyl (C=O) groups excluding carboxylic acids is 2. The number of carbonyl (C=O) groups is 2. The summed E-state index contributed by atoms with van der Waals surface area (Å²) in [7, 11) is 0. The molecule has 1 aromatic carbocycles. The van der Waals surface area contributed by atoms with Crippen molar-refractivity contribution in [2.24, 2.45) is 11.7 Å². The monoisotopic (exact) mass is 382 g/mol. The van der Waals surface area contributed by atoms with Gasteiger partial charge >= 0.3 is 6.03 Å². The van der Waals surface area contributed by atoms with Crippen LogP contribution in [0.2, 0.25) is 0 Å². The molecule has 0 aliphatic rings. The van der Waals surface area contributed by atoms with Gasteiger partial charge in [-0.25, -0.2) is 9.18 Å². The highest BCUT2D eigenvalue weighted by molar-refractivity contribution is 8.00. The number of benzene rings is 1. The Morgan fingerprint density at radius 2 is 1.88 bits per heavy atom. The van der Waals surface area contributed by atoms with Crippen molar-refractivity contribution in [3.63, 3.8) is 0 Å². The first kappa shape index (κ1) is 19.7. The molecular formula is C16H19FN4O4S. The van der Waals surface area contributed by atoms with Crippen molar-refractivity contribution >= 4 is 23.7 Å². The Balaban J connectivity index is 2.03. The third kappa shape index (κ3) is 5.45. The Bertz CT molecular complexity index is 766. The lowest BCUT2D eigenvalue weighted by Crippen LogP contribution is -2.42. The average molecular weight is 382 g/mol. The van der Waals surface area contributed by atoms with Crippen LogP contribution in [0.5, 0.6) is 5.75 Å². The number of hydrogen-bond acceptors (Lipinski definition) is 7. The summed E-state index contributed by atoms with van der Waals surface area (Å²) in [6.45, 7) is 5.33. The average Bonchev–Trinajstić information content (AvgIpc) is 3.02. The third-order valence-corrected chi connectivity index (χ3v) is 4.61. The molecule has 2 atom stereocenters. The van der Waals surface area contributed by atoms with Gasteiger partial charge in [-0.2, -0.15) is 0 Å². The first-order valence-electron chi connectivity index (χ1n) is 7.79. The molecule has 0 radical (unpaired) electrons. The predicted octanol–water partition coefficient (Wildman–Crippen LogP) is 2.66. The highest BCUT2D eigenvalue weighted by atomic mass is 32.2. The minimum Gasteiger partial charge on any atom is -0.481 e. The van der Waals surface area contributed by atoms with Crippen LogP contribution in [0.4, 0.5) is 9.18 Å². The van der Waals surface area contributed by atoms with Gasteiger partial charge in [0.15, 0.2) is 6.10 Å². The molecule has 0 bridgehead atoms. The fourth-order valence-electron chi connectivity index (χ4n) is 1.99. The number of ether oxygens (including phenoxy) is 1. The Morgan fingerprint density at radius 3 is 2.46 bits per heavy atom. The van der Waals surface area contributed by atoms with Crippen molar-refractivity contribution < 1.29 is 23.1 Å². The van der Waals surface area contributed by atoms with Crippen LogP contribution in [0, 0.1) is 11.7 Å². The third-order valence-electron chi connectivity index (χ3n) is 3.23. The summed E-state index contributed by atoms with van der Waals surface area (Å²) in [5, 5.41) is 9.36. The summed E-state index contributed by atoms with van der Waals surface area (Å²) < 4.78 is 24.1. The fraction of sp³-hybridized carbons (Fsp3) is 0.375. The zero-order chi connectivity index (χ0) is 19.3. The maximum Gasteiger partial charge on any atom is 0.318 e. The second-order valence-corrected chi connectivity index (χ2v) is 6.85. The molecular weight excluding hydrogens is 363 g/mol. The van der Waals surface area contributed by atoms with E-state index >= 15 is 0 Å². The molecule has 10 heteroatoms. The molecule has 8 nitrogen and oxygen atoms in total. The van der Waals surface area contributed by atoms with E-state index in [1.165, 1.54) is 24.3 Å². The van der Waals surface area contributed by atoms with Gasteiger partial charge in [0.25, 0.3) is 11.1 Å². The summed E-state index contributed by atoms with van der Waals surface area (Å²) in [5.74, 6) is -0.354. The SMILES string of the molecule is CC(C)[C@@H](Sc1nnc([C@@H](C)Oc2ccc(F)cc2)o1)C(=O)NC(N)=O. The van der Waals surface area contributed by atoms with E-state index in [4.69, 9.17) is 14.9 Å². The number of rotatable bonds is 7. The molecule has 0 saturated heterocycles. The zero-order valence-electron chi connectivity index (χ0n) is 14.4. The zero-order valence-corrected chi connectivity index (χ0v) is 15.2. The smallest absolute Gasteiger partial charge is 0.318 e. The van der Waals surface area contributed by atoms with Crippen molar-refractivity contribution in [1.29, 1.82) is 0 Å². The Morgan fingerprint density at radius 1 is 1.23 bits per heavy atom. The molecule has 1 heterocycles. The van der Waals surface area contributed by atoms with Gasteiger partial charge in [0.2, 0.25) is 5.91 Å². The summed E-state index contributed by atoms with van der Waals surface area (Å²) in [4.78, 5) is 22.9. The van der Waals surface area contributed by atoms with E-state index in [0.717, 1.165) is 11.8 Å². The number of halogens is 1. The number of amides is 3. The van der Waals surface area contributed by atoms with Crippen LogP contribution in [-0.4, -0.2) is 27.4 Å². The Hall–Kier alpha value is -2.62. The molecule has 1 aromatic heterocycles. The van der Waals surface area contributed by atoms with Crippen LogP contribution < -0.4 is 15.8 Å². The minimum absolute atomic E-state index is 0.109. The standard InChI is InChI=1S/C16H19FN4O4S/c1-8(2)12(13(22)19-15(18)23)26-16-21-20-14(25-16)9(3)24-11-6-4-10(17)5-7-11/h4-9,12H,1-3H3,(H3,18,19,22,23)/t9-,12-/m1/s1. The van der Waals surface area contributed by atoms with E-state index in [9.17, 15) is 14.0 Å². The molecule has 0 aliphatic carbocycles. The highest BCUT2D eigenvalue weighted by Gasteiger charge is 2.27. The van der Waals surface area contributed by atoms with Gasteiger partial charge in [0, 0.05) is 0 Å². The van der Waals surface area contributed by atoms with Gasteiger partial charge in [0.05, 0.1) is 5.25 Å². The van der Waals surface area contributed by atoms with Gasteiger partial charge in [-0.15, -0.1) is 10.2 Å².